The number of aliphatic hydroxyl groups is 1. The van der Waals surface area contributed by atoms with Gasteiger partial charge < -0.3 is 9.84 Å². The Morgan fingerprint density at radius 2 is 1.81 bits per heavy atom. The van der Waals surface area contributed by atoms with E-state index in [0.717, 1.165) is 25.0 Å². The lowest BCUT2D eigenvalue weighted by molar-refractivity contribution is -0.0302. The number of hydrogen-bond donors (Lipinski definition) is 1. The van der Waals surface area contributed by atoms with E-state index >= 15 is 0 Å². The highest BCUT2D eigenvalue weighted by molar-refractivity contribution is 5.35. The van der Waals surface area contributed by atoms with E-state index in [1.807, 2.05) is 12.1 Å². The fraction of sp³-hybridized carbons (Fsp3) is 0.684. The molecule has 118 valence electrons. The fourth-order valence-electron chi connectivity index (χ4n) is 3.25. The van der Waals surface area contributed by atoms with Crippen molar-refractivity contribution in [3.05, 3.63) is 29.8 Å². The molecule has 1 aromatic carbocycles. The molecule has 21 heavy (non-hydrogen) atoms. The summed E-state index contributed by atoms with van der Waals surface area (Å²) in [6, 6.07) is 8.22. The largest absolute Gasteiger partial charge is 0.487 e. The molecule has 0 saturated heterocycles. The summed E-state index contributed by atoms with van der Waals surface area (Å²) in [5, 5.41) is 10.3. The average molecular weight is 290 g/mol. The van der Waals surface area contributed by atoms with Crippen LogP contribution in [-0.2, 0) is 0 Å². The standard InChI is InChI=1S/C19H30O2/c1-13(2)15-8-6-7-9-17(15)21-18-12-14(19(3,4)5)10-11-16(18)20/h6-9,13-14,16,18,20H,10-12H2,1-5H3. The Kier molecular flexibility index (Phi) is 4.98. The molecule has 1 aliphatic rings. The monoisotopic (exact) mass is 290 g/mol. The van der Waals surface area contributed by atoms with Crippen molar-refractivity contribution in [1.29, 1.82) is 0 Å². The van der Waals surface area contributed by atoms with Gasteiger partial charge in [0.1, 0.15) is 11.9 Å². The van der Waals surface area contributed by atoms with Crippen molar-refractivity contribution in [2.24, 2.45) is 11.3 Å². The molecule has 0 bridgehead atoms. The van der Waals surface area contributed by atoms with Gasteiger partial charge in [-0.25, -0.2) is 0 Å². The zero-order valence-corrected chi connectivity index (χ0v) is 14.1. The second-order valence-electron chi connectivity index (χ2n) is 7.79. The third kappa shape index (κ3) is 4.00. The molecular formula is C19H30O2. The first-order valence-electron chi connectivity index (χ1n) is 8.22. The highest BCUT2D eigenvalue weighted by atomic mass is 16.5. The fourth-order valence-corrected chi connectivity index (χ4v) is 3.25. The van der Waals surface area contributed by atoms with Crippen LogP contribution in [0.25, 0.3) is 0 Å². The molecule has 3 unspecified atom stereocenters. The Morgan fingerprint density at radius 1 is 1.14 bits per heavy atom. The van der Waals surface area contributed by atoms with Gasteiger partial charge >= 0.3 is 0 Å². The molecule has 2 nitrogen and oxygen atoms in total. The van der Waals surface area contributed by atoms with Crippen molar-refractivity contribution in [3.8, 4) is 5.75 Å². The Bertz CT molecular complexity index is 459. The SMILES string of the molecule is CC(C)c1ccccc1OC1CC(C(C)(C)C)CCC1O. The van der Waals surface area contributed by atoms with Crippen LogP contribution in [0, 0.1) is 11.3 Å². The maximum atomic E-state index is 10.3. The van der Waals surface area contributed by atoms with Gasteiger partial charge in [-0.3, -0.25) is 0 Å². The molecule has 0 amide bonds. The minimum atomic E-state index is -0.344. The summed E-state index contributed by atoms with van der Waals surface area (Å²) in [4.78, 5) is 0. The molecule has 0 aliphatic heterocycles. The molecule has 0 spiro atoms. The van der Waals surface area contributed by atoms with Crippen LogP contribution in [0.2, 0.25) is 0 Å². The van der Waals surface area contributed by atoms with E-state index in [2.05, 4.69) is 46.8 Å². The molecule has 2 heteroatoms. The summed E-state index contributed by atoms with van der Waals surface area (Å²) in [6.07, 6.45) is 2.45. The van der Waals surface area contributed by atoms with Crippen LogP contribution in [-0.4, -0.2) is 17.3 Å². The van der Waals surface area contributed by atoms with Crippen LogP contribution in [0.5, 0.6) is 5.75 Å². The van der Waals surface area contributed by atoms with Crippen LogP contribution >= 0.6 is 0 Å². The van der Waals surface area contributed by atoms with E-state index in [1.54, 1.807) is 0 Å². The molecule has 1 fully saturated rings. The summed E-state index contributed by atoms with van der Waals surface area (Å²) < 4.78 is 6.24. The van der Waals surface area contributed by atoms with E-state index in [-0.39, 0.29) is 17.6 Å². The van der Waals surface area contributed by atoms with Crippen LogP contribution < -0.4 is 4.74 Å². The summed E-state index contributed by atoms with van der Waals surface area (Å²) in [5.41, 5.74) is 1.50. The molecule has 1 aromatic rings. The van der Waals surface area contributed by atoms with Gasteiger partial charge in [0.2, 0.25) is 0 Å². The molecule has 0 radical (unpaired) electrons. The van der Waals surface area contributed by atoms with E-state index in [9.17, 15) is 5.11 Å². The van der Waals surface area contributed by atoms with Crippen molar-refractivity contribution in [2.45, 2.75) is 72.0 Å². The highest BCUT2D eigenvalue weighted by Crippen LogP contribution is 2.39. The molecule has 0 aromatic heterocycles. The summed E-state index contributed by atoms with van der Waals surface area (Å²) in [5.74, 6) is 1.98. The molecule has 3 atom stereocenters. The van der Waals surface area contributed by atoms with E-state index in [1.165, 1.54) is 5.56 Å². The molecule has 0 heterocycles. The lowest BCUT2D eigenvalue weighted by Crippen LogP contribution is -2.41. The first kappa shape index (κ1) is 16.4. The predicted octanol–water partition coefficient (Wildman–Crippen LogP) is 4.76. The number of rotatable bonds is 3. The van der Waals surface area contributed by atoms with Gasteiger partial charge in [0.15, 0.2) is 0 Å². The third-order valence-electron chi connectivity index (χ3n) is 4.80. The molecule has 2 rings (SSSR count). The van der Waals surface area contributed by atoms with Gasteiger partial charge in [-0.05, 0) is 48.1 Å². The Morgan fingerprint density at radius 3 is 2.43 bits per heavy atom. The first-order chi connectivity index (χ1) is 9.79. The van der Waals surface area contributed by atoms with Crippen LogP contribution in [0.3, 0.4) is 0 Å². The Hall–Kier alpha value is -1.02. The minimum absolute atomic E-state index is 0.0807. The minimum Gasteiger partial charge on any atom is -0.487 e. The number of para-hydroxylation sites is 1. The smallest absolute Gasteiger partial charge is 0.125 e. The van der Waals surface area contributed by atoms with E-state index in [0.29, 0.717) is 11.8 Å². The number of aliphatic hydroxyl groups excluding tert-OH is 1. The zero-order chi connectivity index (χ0) is 15.6. The number of benzene rings is 1. The second-order valence-corrected chi connectivity index (χ2v) is 7.79. The maximum absolute atomic E-state index is 10.3. The topological polar surface area (TPSA) is 29.5 Å². The molecule has 1 saturated carbocycles. The van der Waals surface area contributed by atoms with Gasteiger partial charge in [0, 0.05) is 0 Å². The van der Waals surface area contributed by atoms with Crippen molar-refractivity contribution in [3.63, 3.8) is 0 Å². The number of ether oxygens (including phenoxy) is 1. The highest BCUT2D eigenvalue weighted by Gasteiger charge is 2.36. The number of hydrogen-bond acceptors (Lipinski definition) is 2. The maximum Gasteiger partial charge on any atom is 0.125 e. The van der Waals surface area contributed by atoms with Gasteiger partial charge in [0.05, 0.1) is 6.10 Å². The third-order valence-corrected chi connectivity index (χ3v) is 4.80. The van der Waals surface area contributed by atoms with Crippen molar-refractivity contribution in [1.82, 2.24) is 0 Å². The summed E-state index contributed by atoms with van der Waals surface area (Å²) in [7, 11) is 0. The van der Waals surface area contributed by atoms with E-state index in [4.69, 9.17) is 4.74 Å². The van der Waals surface area contributed by atoms with Crippen molar-refractivity contribution < 1.29 is 9.84 Å². The quantitative estimate of drug-likeness (QED) is 0.869. The normalized spacial score (nSPS) is 26.9. The predicted molar refractivity (Wildman–Crippen MR) is 87.7 cm³/mol. The second kappa shape index (κ2) is 6.39. The van der Waals surface area contributed by atoms with Crippen LogP contribution in [0.1, 0.15) is 65.4 Å². The van der Waals surface area contributed by atoms with Gasteiger partial charge in [-0.15, -0.1) is 0 Å². The summed E-state index contributed by atoms with van der Waals surface area (Å²) in [6.45, 7) is 11.2. The van der Waals surface area contributed by atoms with Crippen LogP contribution in [0.4, 0.5) is 0 Å². The summed E-state index contributed by atoms with van der Waals surface area (Å²) >= 11 is 0. The van der Waals surface area contributed by atoms with Gasteiger partial charge in [-0.1, -0.05) is 52.8 Å². The van der Waals surface area contributed by atoms with Crippen LogP contribution in [0.15, 0.2) is 24.3 Å². The molecule has 1 aliphatic carbocycles. The van der Waals surface area contributed by atoms with Crippen molar-refractivity contribution in [2.75, 3.05) is 0 Å². The Balaban J connectivity index is 2.14. The zero-order valence-electron chi connectivity index (χ0n) is 14.1. The Labute approximate surface area is 129 Å². The molecule has 1 N–H and O–H groups in total. The first-order valence-corrected chi connectivity index (χ1v) is 8.22. The lowest BCUT2D eigenvalue weighted by Gasteiger charge is -2.40. The lowest BCUT2D eigenvalue weighted by atomic mass is 9.71. The van der Waals surface area contributed by atoms with Gasteiger partial charge in [-0.2, -0.15) is 0 Å². The van der Waals surface area contributed by atoms with Crippen molar-refractivity contribution >= 4 is 0 Å². The van der Waals surface area contributed by atoms with E-state index < -0.39 is 0 Å². The average Bonchev–Trinajstić information content (AvgIpc) is 2.40. The molecular weight excluding hydrogens is 260 g/mol. The van der Waals surface area contributed by atoms with Gasteiger partial charge in [0.25, 0.3) is 0 Å².